The van der Waals surface area contributed by atoms with Crippen molar-refractivity contribution in [3.8, 4) is 0 Å². The minimum Gasteiger partial charge on any atom is -0.368 e. The molecule has 1 aromatic rings. The van der Waals surface area contributed by atoms with Gasteiger partial charge in [0.15, 0.2) is 5.96 Å². The van der Waals surface area contributed by atoms with Gasteiger partial charge in [-0.3, -0.25) is 9.79 Å². The normalized spacial score (nSPS) is 16.7. The summed E-state index contributed by atoms with van der Waals surface area (Å²) in [7, 11) is 1.72. The fourth-order valence-electron chi connectivity index (χ4n) is 2.65. The van der Waals surface area contributed by atoms with E-state index >= 15 is 0 Å². The molecule has 2 N–H and O–H groups in total. The van der Waals surface area contributed by atoms with E-state index in [1.165, 1.54) is 5.69 Å². The van der Waals surface area contributed by atoms with Crippen LogP contribution in [0.4, 0.5) is 5.69 Å². The summed E-state index contributed by atoms with van der Waals surface area (Å²) in [5.74, 6) is 0.801. The molecule has 1 fully saturated rings. The molecule has 132 valence electrons. The molecule has 1 amide bonds. The van der Waals surface area contributed by atoms with Crippen molar-refractivity contribution in [2.75, 3.05) is 44.7 Å². The summed E-state index contributed by atoms with van der Waals surface area (Å²) >= 11 is 0. The number of rotatable bonds is 5. The van der Waals surface area contributed by atoms with E-state index < -0.39 is 0 Å². The number of hydrogen-bond donors (Lipinski definition) is 2. The number of hydrogen-bond acceptors (Lipinski definition) is 3. The first kappa shape index (κ1) is 18.1. The Morgan fingerprint density at radius 1 is 1.21 bits per heavy atom. The molecule has 0 bridgehead atoms. The molecule has 1 heterocycles. The molecule has 6 heteroatoms. The third-order valence-electron chi connectivity index (χ3n) is 4.38. The predicted molar refractivity (Wildman–Crippen MR) is 99.5 cm³/mol. The highest BCUT2D eigenvalue weighted by molar-refractivity contribution is 5.86. The van der Waals surface area contributed by atoms with E-state index in [2.05, 4.69) is 46.5 Å². The molecule has 0 spiro atoms. The first-order chi connectivity index (χ1) is 11.6. The van der Waals surface area contributed by atoms with Crippen LogP contribution in [0.15, 0.2) is 35.3 Å². The number of anilines is 1. The second-order valence-electron chi connectivity index (χ2n) is 6.08. The van der Waals surface area contributed by atoms with E-state index in [9.17, 15) is 4.79 Å². The molecule has 1 saturated heterocycles. The Hall–Kier alpha value is -2.24. The molecule has 1 aliphatic rings. The number of aliphatic imine (C=N–C) groups is 1. The Kier molecular flexibility index (Phi) is 6.90. The zero-order valence-electron chi connectivity index (χ0n) is 15.0. The van der Waals surface area contributed by atoms with Crippen molar-refractivity contribution in [2.45, 2.75) is 26.3 Å². The van der Waals surface area contributed by atoms with E-state index in [0.717, 1.165) is 32.6 Å². The molecule has 0 aliphatic carbocycles. The van der Waals surface area contributed by atoms with Crippen molar-refractivity contribution in [2.24, 2.45) is 4.99 Å². The van der Waals surface area contributed by atoms with Crippen molar-refractivity contribution in [1.29, 1.82) is 0 Å². The van der Waals surface area contributed by atoms with Crippen LogP contribution in [0, 0.1) is 0 Å². The molecule has 0 radical (unpaired) electrons. The van der Waals surface area contributed by atoms with E-state index in [0.29, 0.717) is 12.0 Å². The number of amides is 1. The van der Waals surface area contributed by atoms with Gasteiger partial charge in [-0.2, -0.15) is 0 Å². The van der Waals surface area contributed by atoms with Crippen molar-refractivity contribution in [1.82, 2.24) is 15.5 Å². The van der Waals surface area contributed by atoms with Gasteiger partial charge in [0, 0.05) is 45.0 Å². The predicted octanol–water partition coefficient (Wildman–Crippen LogP) is 1.30. The number of nitrogens with one attached hydrogen (secondary N) is 2. The standard InChI is InChI=1S/C18H29N5O/c1-4-15(2)21-18(19-3)20-14-17(24)23-12-10-22(11-13-23)16-8-6-5-7-9-16/h5-9,15H,4,10-14H2,1-3H3,(H2,19,20,21). The lowest BCUT2D eigenvalue weighted by Crippen LogP contribution is -2.52. The molecule has 24 heavy (non-hydrogen) atoms. The summed E-state index contributed by atoms with van der Waals surface area (Å²) in [4.78, 5) is 20.8. The number of guanidine groups is 1. The van der Waals surface area contributed by atoms with Crippen molar-refractivity contribution in [3.63, 3.8) is 0 Å². The van der Waals surface area contributed by atoms with Crippen LogP contribution >= 0.6 is 0 Å². The van der Waals surface area contributed by atoms with Crippen LogP contribution in [0.1, 0.15) is 20.3 Å². The lowest BCUT2D eigenvalue weighted by Gasteiger charge is -2.36. The second kappa shape index (κ2) is 9.15. The highest BCUT2D eigenvalue weighted by Crippen LogP contribution is 2.15. The highest BCUT2D eigenvalue weighted by Gasteiger charge is 2.21. The Bertz CT molecular complexity index is 538. The van der Waals surface area contributed by atoms with Gasteiger partial charge in [0.25, 0.3) is 0 Å². The number of nitrogens with zero attached hydrogens (tertiary/aromatic N) is 3. The van der Waals surface area contributed by atoms with Crippen molar-refractivity contribution in [3.05, 3.63) is 30.3 Å². The molecule has 1 aliphatic heterocycles. The molecule has 1 aromatic carbocycles. The van der Waals surface area contributed by atoms with Gasteiger partial charge in [-0.25, -0.2) is 0 Å². The van der Waals surface area contributed by atoms with Gasteiger partial charge < -0.3 is 20.4 Å². The topological polar surface area (TPSA) is 60.0 Å². The summed E-state index contributed by atoms with van der Waals surface area (Å²) in [6, 6.07) is 10.7. The van der Waals surface area contributed by atoms with Gasteiger partial charge >= 0.3 is 0 Å². The Labute approximate surface area is 144 Å². The van der Waals surface area contributed by atoms with Gasteiger partial charge in [-0.05, 0) is 25.5 Å². The average Bonchev–Trinajstić information content (AvgIpc) is 2.65. The summed E-state index contributed by atoms with van der Waals surface area (Å²) in [6.07, 6.45) is 1.01. The van der Waals surface area contributed by atoms with Crippen molar-refractivity contribution >= 4 is 17.6 Å². The summed E-state index contributed by atoms with van der Waals surface area (Å²) in [5, 5.41) is 6.37. The molecule has 1 atom stereocenters. The number of para-hydroxylation sites is 1. The van der Waals surface area contributed by atoms with Crippen LogP contribution in [-0.4, -0.2) is 62.6 Å². The maximum atomic E-state index is 12.4. The van der Waals surface area contributed by atoms with Gasteiger partial charge in [0.2, 0.25) is 5.91 Å². The Morgan fingerprint density at radius 2 is 1.88 bits per heavy atom. The van der Waals surface area contributed by atoms with Crippen LogP contribution in [0.2, 0.25) is 0 Å². The minimum atomic E-state index is 0.120. The summed E-state index contributed by atoms with van der Waals surface area (Å²) in [6.45, 7) is 7.74. The first-order valence-corrected chi connectivity index (χ1v) is 8.69. The maximum absolute atomic E-state index is 12.4. The lowest BCUT2D eigenvalue weighted by molar-refractivity contribution is -0.130. The van der Waals surface area contributed by atoms with Crippen LogP contribution < -0.4 is 15.5 Å². The van der Waals surface area contributed by atoms with Crippen LogP contribution in [0.5, 0.6) is 0 Å². The smallest absolute Gasteiger partial charge is 0.242 e. The largest absolute Gasteiger partial charge is 0.368 e. The number of carbonyl (C=O) groups excluding carboxylic acids is 1. The molecule has 6 nitrogen and oxygen atoms in total. The fourth-order valence-corrected chi connectivity index (χ4v) is 2.65. The summed E-state index contributed by atoms with van der Waals surface area (Å²) < 4.78 is 0. The molecule has 0 aromatic heterocycles. The van der Waals surface area contributed by atoms with Gasteiger partial charge in [-0.1, -0.05) is 25.1 Å². The van der Waals surface area contributed by atoms with Gasteiger partial charge in [0.1, 0.15) is 0 Å². The lowest BCUT2D eigenvalue weighted by atomic mass is 10.2. The quantitative estimate of drug-likeness (QED) is 0.631. The van der Waals surface area contributed by atoms with E-state index in [-0.39, 0.29) is 12.5 Å². The third kappa shape index (κ3) is 5.15. The van der Waals surface area contributed by atoms with Crippen LogP contribution in [0.25, 0.3) is 0 Å². The summed E-state index contributed by atoms with van der Waals surface area (Å²) in [5.41, 5.74) is 1.22. The van der Waals surface area contributed by atoms with Gasteiger partial charge in [0.05, 0.1) is 6.54 Å². The van der Waals surface area contributed by atoms with Gasteiger partial charge in [-0.15, -0.1) is 0 Å². The minimum absolute atomic E-state index is 0.120. The fraction of sp³-hybridized carbons (Fsp3) is 0.556. The van der Waals surface area contributed by atoms with Crippen molar-refractivity contribution < 1.29 is 4.79 Å². The number of carbonyl (C=O) groups is 1. The Balaban J connectivity index is 1.76. The van der Waals surface area contributed by atoms with Crippen LogP contribution in [-0.2, 0) is 4.79 Å². The Morgan fingerprint density at radius 3 is 2.46 bits per heavy atom. The molecular formula is C18H29N5O. The maximum Gasteiger partial charge on any atom is 0.242 e. The molecule has 2 rings (SSSR count). The second-order valence-corrected chi connectivity index (χ2v) is 6.08. The monoisotopic (exact) mass is 331 g/mol. The average molecular weight is 331 g/mol. The van der Waals surface area contributed by atoms with E-state index in [1.807, 2.05) is 23.1 Å². The van der Waals surface area contributed by atoms with Crippen LogP contribution in [0.3, 0.4) is 0 Å². The highest BCUT2D eigenvalue weighted by atomic mass is 16.2. The number of benzene rings is 1. The molecular weight excluding hydrogens is 302 g/mol. The molecule has 1 unspecified atom stereocenters. The SMILES string of the molecule is CCC(C)NC(=NC)NCC(=O)N1CCN(c2ccccc2)CC1. The third-order valence-corrected chi connectivity index (χ3v) is 4.38. The zero-order valence-corrected chi connectivity index (χ0v) is 15.0. The number of piperazine rings is 1. The van der Waals surface area contributed by atoms with E-state index in [4.69, 9.17) is 0 Å². The zero-order chi connectivity index (χ0) is 17.4. The van der Waals surface area contributed by atoms with E-state index in [1.54, 1.807) is 7.05 Å². The molecule has 0 saturated carbocycles. The first-order valence-electron chi connectivity index (χ1n) is 8.69.